The molecule has 1 heterocycles. The van der Waals surface area contributed by atoms with Gasteiger partial charge < -0.3 is 10.6 Å². The van der Waals surface area contributed by atoms with E-state index in [9.17, 15) is 13.2 Å². The lowest BCUT2D eigenvalue weighted by atomic mass is 10.1. The van der Waals surface area contributed by atoms with Gasteiger partial charge in [0.2, 0.25) is 15.9 Å². The summed E-state index contributed by atoms with van der Waals surface area (Å²) < 4.78 is 22.5. The minimum Gasteiger partial charge on any atom is -0.399 e. The van der Waals surface area contributed by atoms with Crippen LogP contribution in [0.3, 0.4) is 0 Å². The summed E-state index contributed by atoms with van der Waals surface area (Å²) in [4.78, 5) is 13.3. The van der Waals surface area contributed by atoms with Gasteiger partial charge in [-0.05, 0) is 30.7 Å². The first-order valence-electron chi connectivity index (χ1n) is 5.47. The SMILES string of the molecule is Cc1cc(N)ccc1N1CC(S(N)(=O)=O)CC1=O. The Kier molecular flexibility index (Phi) is 3.04. The Morgan fingerprint density at radius 3 is 2.56 bits per heavy atom. The van der Waals surface area contributed by atoms with E-state index in [1.165, 1.54) is 4.90 Å². The number of primary sulfonamides is 1. The zero-order valence-electron chi connectivity index (χ0n) is 9.96. The molecule has 1 unspecified atom stereocenters. The van der Waals surface area contributed by atoms with Crippen LogP contribution in [0.25, 0.3) is 0 Å². The number of hydrogen-bond donors (Lipinski definition) is 2. The van der Waals surface area contributed by atoms with Crippen LogP contribution in [0.15, 0.2) is 18.2 Å². The number of nitrogen functional groups attached to an aromatic ring is 1. The van der Waals surface area contributed by atoms with E-state index >= 15 is 0 Å². The van der Waals surface area contributed by atoms with Crippen LogP contribution < -0.4 is 15.8 Å². The molecule has 4 N–H and O–H groups in total. The number of aryl methyl sites for hydroxylation is 1. The van der Waals surface area contributed by atoms with Crippen molar-refractivity contribution in [2.45, 2.75) is 18.6 Å². The molecule has 0 saturated carbocycles. The van der Waals surface area contributed by atoms with Crippen molar-refractivity contribution in [3.63, 3.8) is 0 Å². The van der Waals surface area contributed by atoms with Crippen LogP contribution in [-0.4, -0.2) is 26.1 Å². The van der Waals surface area contributed by atoms with Crippen LogP contribution in [0.2, 0.25) is 0 Å². The molecule has 0 aliphatic carbocycles. The fourth-order valence-electron chi connectivity index (χ4n) is 2.11. The molecule has 0 spiro atoms. The summed E-state index contributed by atoms with van der Waals surface area (Å²) >= 11 is 0. The predicted molar refractivity (Wildman–Crippen MR) is 69.5 cm³/mol. The summed E-state index contributed by atoms with van der Waals surface area (Å²) in [5, 5.41) is 4.25. The number of anilines is 2. The third kappa shape index (κ3) is 2.32. The standard InChI is InChI=1S/C11H15N3O3S/c1-7-4-8(12)2-3-10(7)14-6-9(5-11(14)15)18(13,16)17/h2-4,9H,5-6,12H2,1H3,(H2,13,16,17). The third-order valence-corrected chi connectivity index (χ3v) is 4.31. The largest absolute Gasteiger partial charge is 0.399 e. The van der Waals surface area contributed by atoms with Crippen molar-refractivity contribution in [1.82, 2.24) is 0 Å². The Morgan fingerprint density at radius 1 is 1.39 bits per heavy atom. The molecule has 18 heavy (non-hydrogen) atoms. The second-order valence-corrected chi connectivity index (χ2v) is 6.31. The molecule has 1 atom stereocenters. The lowest BCUT2D eigenvalue weighted by Crippen LogP contribution is -2.32. The van der Waals surface area contributed by atoms with Crippen molar-refractivity contribution >= 4 is 27.3 Å². The topological polar surface area (TPSA) is 106 Å². The Bertz CT molecular complexity index is 598. The van der Waals surface area contributed by atoms with Crippen molar-refractivity contribution in [1.29, 1.82) is 0 Å². The highest BCUT2D eigenvalue weighted by atomic mass is 32.2. The number of benzene rings is 1. The van der Waals surface area contributed by atoms with Crippen LogP contribution in [0.1, 0.15) is 12.0 Å². The van der Waals surface area contributed by atoms with E-state index in [4.69, 9.17) is 10.9 Å². The van der Waals surface area contributed by atoms with Gasteiger partial charge in [-0.25, -0.2) is 13.6 Å². The molecule has 98 valence electrons. The zero-order valence-corrected chi connectivity index (χ0v) is 10.8. The Labute approximate surface area is 106 Å². The van der Waals surface area contributed by atoms with Gasteiger partial charge in [-0.15, -0.1) is 0 Å². The van der Waals surface area contributed by atoms with Crippen molar-refractivity contribution in [3.05, 3.63) is 23.8 Å². The number of carbonyl (C=O) groups is 1. The lowest BCUT2D eigenvalue weighted by molar-refractivity contribution is -0.117. The van der Waals surface area contributed by atoms with Gasteiger partial charge in [-0.2, -0.15) is 0 Å². The molecule has 1 aromatic carbocycles. The number of hydrogen-bond acceptors (Lipinski definition) is 4. The van der Waals surface area contributed by atoms with Gasteiger partial charge in [-0.3, -0.25) is 4.79 Å². The Hall–Kier alpha value is -1.60. The fourth-order valence-corrected chi connectivity index (χ4v) is 2.84. The molecule has 1 amide bonds. The van der Waals surface area contributed by atoms with E-state index in [0.717, 1.165) is 5.56 Å². The maximum Gasteiger partial charge on any atom is 0.228 e. The molecule has 2 rings (SSSR count). The molecule has 7 heteroatoms. The Balaban J connectivity index is 2.33. The first-order chi connectivity index (χ1) is 8.29. The molecule has 0 bridgehead atoms. The van der Waals surface area contributed by atoms with Crippen LogP contribution in [0, 0.1) is 6.92 Å². The van der Waals surface area contributed by atoms with E-state index in [2.05, 4.69) is 0 Å². The first kappa shape index (κ1) is 12.8. The smallest absolute Gasteiger partial charge is 0.228 e. The number of amides is 1. The van der Waals surface area contributed by atoms with Gasteiger partial charge in [0.15, 0.2) is 0 Å². The van der Waals surface area contributed by atoms with E-state index < -0.39 is 15.3 Å². The maximum atomic E-state index is 11.8. The third-order valence-electron chi connectivity index (χ3n) is 3.07. The molecule has 1 saturated heterocycles. The molecule has 1 aliphatic heterocycles. The van der Waals surface area contributed by atoms with Crippen molar-refractivity contribution in [2.24, 2.45) is 5.14 Å². The van der Waals surface area contributed by atoms with Gasteiger partial charge in [0.05, 0.1) is 0 Å². The van der Waals surface area contributed by atoms with Crippen LogP contribution in [0.5, 0.6) is 0 Å². The summed E-state index contributed by atoms with van der Waals surface area (Å²) in [6.07, 6.45) is -0.0668. The van der Waals surface area contributed by atoms with Gasteiger partial charge in [0.1, 0.15) is 5.25 Å². The van der Waals surface area contributed by atoms with Crippen molar-refractivity contribution in [3.8, 4) is 0 Å². The van der Waals surface area contributed by atoms with Gasteiger partial charge in [0, 0.05) is 24.3 Å². The van der Waals surface area contributed by atoms with Gasteiger partial charge >= 0.3 is 0 Å². The van der Waals surface area contributed by atoms with Gasteiger partial charge in [-0.1, -0.05) is 0 Å². The molecule has 6 nitrogen and oxygen atoms in total. The van der Waals surface area contributed by atoms with E-state index in [0.29, 0.717) is 11.4 Å². The summed E-state index contributed by atoms with van der Waals surface area (Å²) in [6.45, 7) is 1.92. The molecule has 1 fully saturated rings. The normalized spacial score (nSPS) is 20.4. The number of sulfonamides is 1. The minimum absolute atomic E-state index is 0.0668. The summed E-state index contributed by atoms with van der Waals surface area (Å²) in [6, 6.07) is 5.14. The predicted octanol–water partition coefficient (Wildman–Crippen LogP) is -0.0290. The van der Waals surface area contributed by atoms with E-state index in [-0.39, 0.29) is 18.9 Å². The molecule has 1 aliphatic rings. The molecular formula is C11H15N3O3S. The van der Waals surface area contributed by atoms with Gasteiger partial charge in [0.25, 0.3) is 0 Å². The highest BCUT2D eigenvalue weighted by Gasteiger charge is 2.37. The van der Waals surface area contributed by atoms with Crippen LogP contribution in [-0.2, 0) is 14.8 Å². The molecule has 0 radical (unpaired) electrons. The number of nitrogens with two attached hydrogens (primary N) is 2. The number of carbonyl (C=O) groups excluding carboxylic acids is 1. The quantitative estimate of drug-likeness (QED) is 0.735. The molecular weight excluding hydrogens is 254 g/mol. The summed E-state index contributed by atoms with van der Waals surface area (Å²) in [5.74, 6) is -0.234. The van der Waals surface area contributed by atoms with Crippen molar-refractivity contribution < 1.29 is 13.2 Å². The Morgan fingerprint density at radius 2 is 2.06 bits per heavy atom. The second-order valence-electron chi connectivity index (χ2n) is 4.47. The summed E-state index contributed by atoms with van der Waals surface area (Å²) in [5.41, 5.74) is 7.75. The highest BCUT2D eigenvalue weighted by molar-refractivity contribution is 7.89. The first-order valence-corrected chi connectivity index (χ1v) is 7.08. The molecule has 1 aromatic rings. The molecule has 0 aromatic heterocycles. The van der Waals surface area contributed by atoms with E-state index in [1.807, 2.05) is 6.92 Å². The maximum absolute atomic E-state index is 11.8. The van der Waals surface area contributed by atoms with Crippen LogP contribution in [0.4, 0.5) is 11.4 Å². The second kappa shape index (κ2) is 4.25. The average Bonchev–Trinajstić information content (AvgIpc) is 2.60. The monoisotopic (exact) mass is 269 g/mol. The van der Waals surface area contributed by atoms with Crippen LogP contribution >= 0.6 is 0 Å². The minimum atomic E-state index is -3.68. The highest BCUT2D eigenvalue weighted by Crippen LogP contribution is 2.28. The fraction of sp³-hybridized carbons (Fsp3) is 0.364. The summed E-state index contributed by atoms with van der Waals surface area (Å²) in [7, 11) is -3.68. The lowest BCUT2D eigenvalue weighted by Gasteiger charge is -2.19. The van der Waals surface area contributed by atoms with Crippen molar-refractivity contribution in [2.75, 3.05) is 17.2 Å². The average molecular weight is 269 g/mol. The van der Waals surface area contributed by atoms with E-state index in [1.54, 1.807) is 18.2 Å². The zero-order chi connectivity index (χ0) is 13.5. The number of nitrogens with zero attached hydrogens (tertiary/aromatic N) is 1. The number of rotatable bonds is 2.